The molecule has 1 aliphatic heterocycles. The first kappa shape index (κ1) is 19.5. The van der Waals surface area contributed by atoms with Crippen LogP contribution in [0.25, 0.3) is 0 Å². The summed E-state index contributed by atoms with van der Waals surface area (Å²) < 4.78 is 31.6. The van der Waals surface area contributed by atoms with Gasteiger partial charge in [0, 0.05) is 25.7 Å². The molecule has 2 rings (SSSR count). The van der Waals surface area contributed by atoms with Crippen LogP contribution >= 0.6 is 24.8 Å². The van der Waals surface area contributed by atoms with Crippen LogP contribution in [0.3, 0.4) is 0 Å². The standard InChI is InChI=1S/C13H18F2N2O.2ClH/c1-9(10-2-3-12(14)13(15)6-10)17-4-5-18-11(7-16)8-17;;/h2-3,6,9,11H,4-5,7-8,16H2,1H3;2*1H/t9?,11-;;/m0../s1. The highest BCUT2D eigenvalue weighted by Crippen LogP contribution is 2.23. The lowest BCUT2D eigenvalue weighted by atomic mass is 10.1. The van der Waals surface area contributed by atoms with Crippen LogP contribution in [-0.2, 0) is 4.74 Å². The lowest BCUT2D eigenvalue weighted by Crippen LogP contribution is -2.46. The van der Waals surface area contributed by atoms with Gasteiger partial charge in [-0.15, -0.1) is 24.8 Å². The fraction of sp³-hybridized carbons (Fsp3) is 0.538. The van der Waals surface area contributed by atoms with Crippen LogP contribution in [0.15, 0.2) is 18.2 Å². The second-order valence-corrected chi connectivity index (χ2v) is 4.57. The Morgan fingerprint density at radius 2 is 2.05 bits per heavy atom. The number of morpholine rings is 1. The van der Waals surface area contributed by atoms with Crippen LogP contribution in [0.4, 0.5) is 8.78 Å². The SMILES string of the molecule is CC(c1ccc(F)c(F)c1)N1CCO[C@@H](CN)C1.Cl.Cl. The average molecular weight is 329 g/mol. The zero-order valence-corrected chi connectivity index (χ0v) is 12.9. The fourth-order valence-corrected chi connectivity index (χ4v) is 2.22. The van der Waals surface area contributed by atoms with Gasteiger partial charge in [0.15, 0.2) is 11.6 Å². The molecule has 1 aliphatic rings. The number of benzene rings is 1. The number of hydrogen-bond acceptors (Lipinski definition) is 3. The van der Waals surface area contributed by atoms with Crippen LogP contribution in [0, 0.1) is 11.6 Å². The van der Waals surface area contributed by atoms with E-state index in [0.29, 0.717) is 13.2 Å². The summed E-state index contributed by atoms with van der Waals surface area (Å²) in [5.41, 5.74) is 6.36. The molecule has 1 aromatic rings. The van der Waals surface area contributed by atoms with Crippen LogP contribution < -0.4 is 5.73 Å². The van der Waals surface area contributed by atoms with Gasteiger partial charge >= 0.3 is 0 Å². The van der Waals surface area contributed by atoms with E-state index in [4.69, 9.17) is 10.5 Å². The smallest absolute Gasteiger partial charge is 0.159 e. The first-order chi connectivity index (χ1) is 8.61. The van der Waals surface area contributed by atoms with E-state index in [0.717, 1.165) is 18.7 Å². The van der Waals surface area contributed by atoms with Crippen molar-refractivity contribution in [2.24, 2.45) is 5.73 Å². The van der Waals surface area contributed by atoms with E-state index in [1.165, 1.54) is 12.1 Å². The predicted molar refractivity (Wildman–Crippen MR) is 79.6 cm³/mol. The number of nitrogens with zero attached hydrogens (tertiary/aromatic N) is 1. The first-order valence-electron chi connectivity index (χ1n) is 6.12. The Labute approximate surface area is 130 Å². The largest absolute Gasteiger partial charge is 0.374 e. The quantitative estimate of drug-likeness (QED) is 0.926. The van der Waals surface area contributed by atoms with Gasteiger partial charge in [-0.3, -0.25) is 4.90 Å². The molecule has 116 valence electrons. The van der Waals surface area contributed by atoms with Crippen molar-refractivity contribution >= 4 is 24.8 Å². The second kappa shape index (κ2) is 8.74. The summed E-state index contributed by atoms with van der Waals surface area (Å²) in [4.78, 5) is 2.17. The summed E-state index contributed by atoms with van der Waals surface area (Å²) in [5.74, 6) is -1.62. The van der Waals surface area contributed by atoms with Crippen LogP contribution in [0.5, 0.6) is 0 Å². The Morgan fingerprint density at radius 1 is 1.35 bits per heavy atom. The molecular formula is C13H20Cl2F2N2O. The van der Waals surface area contributed by atoms with Crippen LogP contribution in [0.2, 0.25) is 0 Å². The molecule has 0 spiro atoms. The van der Waals surface area contributed by atoms with Gasteiger partial charge in [-0.25, -0.2) is 8.78 Å². The van der Waals surface area contributed by atoms with Crippen molar-refractivity contribution in [3.05, 3.63) is 35.4 Å². The minimum atomic E-state index is -0.812. The molecule has 2 N–H and O–H groups in total. The van der Waals surface area contributed by atoms with Gasteiger partial charge in [0.25, 0.3) is 0 Å². The number of ether oxygens (including phenoxy) is 1. The highest BCUT2D eigenvalue weighted by Gasteiger charge is 2.24. The Morgan fingerprint density at radius 3 is 2.65 bits per heavy atom. The average Bonchev–Trinajstić information content (AvgIpc) is 2.41. The molecule has 20 heavy (non-hydrogen) atoms. The molecular weight excluding hydrogens is 309 g/mol. The Bertz CT molecular complexity index is 423. The highest BCUT2D eigenvalue weighted by molar-refractivity contribution is 5.85. The number of hydrogen-bond donors (Lipinski definition) is 1. The molecule has 2 atom stereocenters. The zero-order chi connectivity index (χ0) is 13.1. The lowest BCUT2D eigenvalue weighted by Gasteiger charge is -2.36. The minimum absolute atomic E-state index is 0. The molecule has 1 saturated heterocycles. The first-order valence-corrected chi connectivity index (χ1v) is 6.12. The van der Waals surface area contributed by atoms with E-state index >= 15 is 0 Å². The van der Waals surface area contributed by atoms with E-state index < -0.39 is 11.6 Å². The van der Waals surface area contributed by atoms with Crippen molar-refractivity contribution < 1.29 is 13.5 Å². The summed E-state index contributed by atoms with van der Waals surface area (Å²) >= 11 is 0. The van der Waals surface area contributed by atoms with Gasteiger partial charge in [-0.2, -0.15) is 0 Å². The third-order valence-electron chi connectivity index (χ3n) is 3.41. The third kappa shape index (κ3) is 4.53. The van der Waals surface area contributed by atoms with Crippen molar-refractivity contribution in [2.45, 2.75) is 19.1 Å². The van der Waals surface area contributed by atoms with Crippen molar-refractivity contribution in [1.29, 1.82) is 0 Å². The van der Waals surface area contributed by atoms with Gasteiger partial charge in [0.1, 0.15) is 0 Å². The summed E-state index contributed by atoms with van der Waals surface area (Å²) in [5, 5.41) is 0. The summed E-state index contributed by atoms with van der Waals surface area (Å²) in [6.45, 7) is 4.57. The Balaban J connectivity index is 0.00000180. The molecule has 0 aromatic heterocycles. The normalized spacial score (nSPS) is 20.7. The molecule has 1 aromatic carbocycles. The number of rotatable bonds is 3. The molecule has 1 heterocycles. The van der Waals surface area contributed by atoms with Gasteiger partial charge < -0.3 is 10.5 Å². The van der Waals surface area contributed by atoms with Gasteiger partial charge in [-0.1, -0.05) is 6.07 Å². The molecule has 1 fully saturated rings. The van der Waals surface area contributed by atoms with E-state index in [2.05, 4.69) is 4.90 Å². The maximum Gasteiger partial charge on any atom is 0.159 e. The maximum absolute atomic E-state index is 13.2. The van der Waals surface area contributed by atoms with E-state index in [-0.39, 0.29) is 37.0 Å². The highest BCUT2D eigenvalue weighted by atomic mass is 35.5. The molecule has 3 nitrogen and oxygen atoms in total. The molecule has 0 saturated carbocycles. The van der Waals surface area contributed by atoms with Crippen molar-refractivity contribution in [1.82, 2.24) is 4.90 Å². The fourth-order valence-electron chi connectivity index (χ4n) is 2.22. The number of halogens is 4. The van der Waals surface area contributed by atoms with Crippen molar-refractivity contribution in [3.63, 3.8) is 0 Å². The van der Waals surface area contributed by atoms with Gasteiger partial charge in [0.05, 0.1) is 12.7 Å². The van der Waals surface area contributed by atoms with Gasteiger partial charge in [-0.05, 0) is 24.6 Å². The van der Waals surface area contributed by atoms with E-state index in [9.17, 15) is 8.78 Å². The molecule has 0 amide bonds. The molecule has 1 unspecified atom stereocenters. The second-order valence-electron chi connectivity index (χ2n) is 4.57. The van der Waals surface area contributed by atoms with Crippen molar-refractivity contribution in [3.8, 4) is 0 Å². The predicted octanol–water partition coefficient (Wildman–Crippen LogP) is 2.53. The summed E-state index contributed by atoms with van der Waals surface area (Å²) in [6.07, 6.45) is 0.0199. The molecule has 0 bridgehead atoms. The van der Waals surface area contributed by atoms with E-state index in [1.54, 1.807) is 6.07 Å². The monoisotopic (exact) mass is 328 g/mol. The number of nitrogens with two attached hydrogens (primary N) is 1. The molecule has 0 radical (unpaired) electrons. The third-order valence-corrected chi connectivity index (χ3v) is 3.41. The Kier molecular flexibility index (Phi) is 8.54. The molecule has 7 heteroatoms. The molecule has 0 aliphatic carbocycles. The Hall–Kier alpha value is -0.460. The zero-order valence-electron chi connectivity index (χ0n) is 11.2. The van der Waals surface area contributed by atoms with Crippen molar-refractivity contribution in [2.75, 3.05) is 26.2 Å². The lowest BCUT2D eigenvalue weighted by molar-refractivity contribution is -0.0364. The maximum atomic E-state index is 13.2. The van der Waals surface area contributed by atoms with Gasteiger partial charge in [0.2, 0.25) is 0 Å². The van der Waals surface area contributed by atoms with E-state index in [1.807, 2.05) is 6.92 Å². The van der Waals surface area contributed by atoms with Crippen LogP contribution in [0.1, 0.15) is 18.5 Å². The van der Waals surface area contributed by atoms with Crippen LogP contribution in [-0.4, -0.2) is 37.2 Å². The summed E-state index contributed by atoms with van der Waals surface area (Å²) in [7, 11) is 0. The topological polar surface area (TPSA) is 38.5 Å². The summed E-state index contributed by atoms with van der Waals surface area (Å²) in [6, 6.07) is 4.07. The minimum Gasteiger partial charge on any atom is -0.374 e.